The Morgan fingerprint density at radius 2 is 2.22 bits per heavy atom. The zero-order valence-corrected chi connectivity index (χ0v) is 12.5. The fraction of sp³-hybridized carbons (Fsp3) is 0.312. The van der Waals surface area contributed by atoms with Gasteiger partial charge in [-0.1, -0.05) is 18.7 Å². The molecule has 0 saturated carbocycles. The Morgan fingerprint density at radius 1 is 1.43 bits per heavy atom. The topological polar surface area (TPSA) is 98.7 Å². The van der Waals surface area contributed by atoms with E-state index in [9.17, 15) is 14.4 Å². The molecule has 3 N–H and O–H groups in total. The third-order valence-electron chi connectivity index (χ3n) is 4.12. The summed E-state index contributed by atoms with van der Waals surface area (Å²) in [4.78, 5) is 36.6. The van der Waals surface area contributed by atoms with Gasteiger partial charge in [0, 0.05) is 24.4 Å². The summed E-state index contributed by atoms with van der Waals surface area (Å²) in [6.45, 7) is 4.02. The molecule has 7 heteroatoms. The minimum atomic E-state index is -0.992. The van der Waals surface area contributed by atoms with Crippen molar-refractivity contribution in [1.29, 1.82) is 0 Å². The summed E-state index contributed by atoms with van der Waals surface area (Å²) in [5.41, 5.74) is 2.39. The highest BCUT2D eigenvalue weighted by atomic mass is 16.4. The minimum Gasteiger partial charge on any atom is -0.480 e. The highest BCUT2D eigenvalue weighted by Crippen LogP contribution is 2.33. The molecule has 2 heterocycles. The number of aliphatic carboxylic acids is 1. The lowest BCUT2D eigenvalue weighted by atomic mass is 10.0. The highest BCUT2D eigenvalue weighted by molar-refractivity contribution is 6.04. The van der Waals surface area contributed by atoms with Gasteiger partial charge in [0.2, 0.25) is 5.91 Å². The van der Waals surface area contributed by atoms with Crippen molar-refractivity contribution in [3.8, 4) is 0 Å². The first-order valence-corrected chi connectivity index (χ1v) is 7.34. The average molecular weight is 315 g/mol. The van der Waals surface area contributed by atoms with Crippen LogP contribution < -0.4 is 10.6 Å². The van der Waals surface area contributed by atoms with Gasteiger partial charge in [-0.15, -0.1) is 0 Å². The summed E-state index contributed by atoms with van der Waals surface area (Å²) in [5, 5.41) is 14.3. The van der Waals surface area contributed by atoms with Gasteiger partial charge >= 0.3 is 5.97 Å². The molecule has 1 aromatic carbocycles. The van der Waals surface area contributed by atoms with Crippen LogP contribution in [0.25, 0.3) is 0 Å². The molecule has 0 aliphatic carbocycles. The predicted molar refractivity (Wildman–Crippen MR) is 82.7 cm³/mol. The lowest BCUT2D eigenvalue weighted by Gasteiger charge is -2.32. The molecular weight excluding hydrogens is 298 g/mol. The monoisotopic (exact) mass is 315 g/mol. The number of piperidine rings is 1. The first-order valence-electron chi connectivity index (χ1n) is 7.34. The molecule has 0 spiro atoms. The molecule has 3 rings (SSSR count). The number of nitrogens with one attached hydrogen (secondary N) is 2. The smallest absolute Gasteiger partial charge is 0.322 e. The lowest BCUT2D eigenvalue weighted by molar-refractivity contribution is -0.135. The Kier molecular flexibility index (Phi) is 3.77. The number of hydrogen-bond donors (Lipinski definition) is 3. The number of amides is 2. The van der Waals surface area contributed by atoms with Gasteiger partial charge in [-0.2, -0.15) is 0 Å². The molecule has 2 amide bonds. The second-order valence-electron chi connectivity index (χ2n) is 5.65. The summed E-state index contributed by atoms with van der Waals surface area (Å²) in [6, 6.07) is 5.10. The van der Waals surface area contributed by atoms with Gasteiger partial charge in [0.1, 0.15) is 6.54 Å². The van der Waals surface area contributed by atoms with Crippen molar-refractivity contribution >= 4 is 23.5 Å². The lowest BCUT2D eigenvalue weighted by Crippen LogP contribution is -2.46. The second-order valence-corrected chi connectivity index (χ2v) is 5.65. The molecule has 0 aromatic heterocycles. The first kappa shape index (κ1) is 15.1. The number of rotatable bonds is 4. The Labute approximate surface area is 133 Å². The number of carbonyl (C=O) groups is 3. The van der Waals surface area contributed by atoms with Gasteiger partial charge in [-0.05, 0) is 18.1 Å². The van der Waals surface area contributed by atoms with Crippen molar-refractivity contribution in [1.82, 2.24) is 10.2 Å². The van der Waals surface area contributed by atoms with E-state index in [0.29, 0.717) is 36.3 Å². The average Bonchev–Trinajstić information content (AvgIpc) is 2.83. The molecule has 1 aromatic rings. The van der Waals surface area contributed by atoms with E-state index >= 15 is 0 Å². The van der Waals surface area contributed by atoms with E-state index in [1.165, 1.54) is 0 Å². The molecule has 2 aliphatic rings. The summed E-state index contributed by atoms with van der Waals surface area (Å²) < 4.78 is 0. The maximum Gasteiger partial charge on any atom is 0.322 e. The number of anilines is 1. The van der Waals surface area contributed by atoms with Crippen LogP contribution in [-0.4, -0.2) is 40.4 Å². The van der Waals surface area contributed by atoms with E-state index in [1.54, 1.807) is 17.0 Å². The zero-order valence-electron chi connectivity index (χ0n) is 12.5. The Hall–Kier alpha value is -2.83. The largest absolute Gasteiger partial charge is 0.480 e. The molecule has 0 radical (unpaired) electrons. The number of nitrogens with zero attached hydrogens (tertiary/aromatic N) is 1. The van der Waals surface area contributed by atoms with Gasteiger partial charge in [0.15, 0.2) is 0 Å². The van der Waals surface area contributed by atoms with Crippen LogP contribution in [0.5, 0.6) is 0 Å². The summed E-state index contributed by atoms with van der Waals surface area (Å²) in [6.07, 6.45) is 0.899. The molecule has 1 atom stereocenters. The third kappa shape index (κ3) is 2.77. The molecule has 2 aliphatic heterocycles. The standard InChI is InChI=1S/C16H17N3O4/c1-9-12(5-6-13(20)18-9)19-8-10-3-2-4-11(15(10)16(19)23)17-7-14(21)22/h2-4,12,17H,1,5-8H2,(H,18,20)(H,21,22). The summed E-state index contributed by atoms with van der Waals surface area (Å²) in [5.74, 6) is -1.25. The number of benzene rings is 1. The number of fused-ring (bicyclic) bond motifs is 1. The molecule has 0 bridgehead atoms. The van der Waals surface area contributed by atoms with E-state index in [1.807, 2.05) is 6.07 Å². The van der Waals surface area contributed by atoms with Crippen molar-refractivity contribution in [3.63, 3.8) is 0 Å². The van der Waals surface area contributed by atoms with Crippen molar-refractivity contribution in [2.75, 3.05) is 11.9 Å². The molecule has 120 valence electrons. The molecule has 1 unspecified atom stereocenters. The van der Waals surface area contributed by atoms with E-state index in [4.69, 9.17) is 5.11 Å². The number of carboxylic acids is 1. The van der Waals surface area contributed by atoms with Crippen LogP contribution in [0.15, 0.2) is 30.5 Å². The fourth-order valence-corrected chi connectivity index (χ4v) is 3.06. The van der Waals surface area contributed by atoms with E-state index in [-0.39, 0.29) is 24.4 Å². The van der Waals surface area contributed by atoms with Crippen LogP contribution in [-0.2, 0) is 16.1 Å². The number of hydrogen-bond acceptors (Lipinski definition) is 4. The van der Waals surface area contributed by atoms with Gasteiger partial charge in [-0.25, -0.2) is 0 Å². The van der Waals surface area contributed by atoms with Crippen molar-refractivity contribution < 1.29 is 19.5 Å². The van der Waals surface area contributed by atoms with Crippen LogP contribution in [0, 0.1) is 0 Å². The zero-order chi connectivity index (χ0) is 16.6. The number of carboxylic acid groups (broad SMARTS) is 1. The molecule has 23 heavy (non-hydrogen) atoms. The SMILES string of the molecule is C=C1NC(=O)CCC1N1Cc2cccc(NCC(=O)O)c2C1=O. The molecule has 1 saturated heterocycles. The third-order valence-corrected chi connectivity index (χ3v) is 4.12. The summed E-state index contributed by atoms with van der Waals surface area (Å²) >= 11 is 0. The molecular formula is C16H17N3O4. The normalized spacial score (nSPS) is 20.3. The van der Waals surface area contributed by atoms with Crippen molar-refractivity contribution in [3.05, 3.63) is 41.6 Å². The van der Waals surface area contributed by atoms with Crippen LogP contribution in [0.4, 0.5) is 5.69 Å². The van der Waals surface area contributed by atoms with Gasteiger partial charge in [-0.3, -0.25) is 14.4 Å². The van der Waals surface area contributed by atoms with Crippen LogP contribution in [0.1, 0.15) is 28.8 Å². The Bertz CT molecular complexity index is 713. The highest BCUT2D eigenvalue weighted by Gasteiger charge is 2.37. The van der Waals surface area contributed by atoms with E-state index < -0.39 is 5.97 Å². The molecule has 1 fully saturated rings. The van der Waals surface area contributed by atoms with Gasteiger partial charge in [0.25, 0.3) is 5.91 Å². The second kappa shape index (κ2) is 5.75. The van der Waals surface area contributed by atoms with E-state index in [0.717, 1.165) is 5.56 Å². The maximum absolute atomic E-state index is 12.8. The van der Waals surface area contributed by atoms with Crippen molar-refractivity contribution in [2.45, 2.75) is 25.4 Å². The van der Waals surface area contributed by atoms with Crippen LogP contribution in [0.2, 0.25) is 0 Å². The van der Waals surface area contributed by atoms with Crippen LogP contribution in [0.3, 0.4) is 0 Å². The Balaban J connectivity index is 1.84. The van der Waals surface area contributed by atoms with Crippen molar-refractivity contribution in [2.24, 2.45) is 0 Å². The Morgan fingerprint density at radius 3 is 2.91 bits per heavy atom. The predicted octanol–water partition coefficient (Wildman–Crippen LogP) is 0.931. The summed E-state index contributed by atoms with van der Waals surface area (Å²) in [7, 11) is 0. The van der Waals surface area contributed by atoms with Gasteiger partial charge in [0.05, 0.1) is 11.6 Å². The van der Waals surface area contributed by atoms with Gasteiger partial charge < -0.3 is 20.6 Å². The minimum absolute atomic E-state index is 0.0841. The first-order chi connectivity index (χ1) is 11.0. The molecule has 7 nitrogen and oxygen atoms in total. The van der Waals surface area contributed by atoms with E-state index in [2.05, 4.69) is 17.2 Å². The van der Waals surface area contributed by atoms with Crippen LogP contribution >= 0.6 is 0 Å². The number of carbonyl (C=O) groups excluding carboxylic acids is 2. The quantitative estimate of drug-likeness (QED) is 0.768. The maximum atomic E-state index is 12.8. The fourth-order valence-electron chi connectivity index (χ4n) is 3.06.